The van der Waals surface area contributed by atoms with Gasteiger partial charge in [-0.1, -0.05) is 70.2 Å². The lowest BCUT2D eigenvalue weighted by Gasteiger charge is -2.30. The van der Waals surface area contributed by atoms with Crippen LogP contribution in [-0.4, -0.2) is 93.1 Å². The van der Waals surface area contributed by atoms with E-state index in [1.165, 1.54) is 14.2 Å². The summed E-state index contributed by atoms with van der Waals surface area (Å²) < 4.78 is 9.50. The average molecular weight is 753 g/mol. The molecule has 2 fully saturated rings. The van der Waals surface area contributed by atoms with E-state index in [-0.39, 0.29) is 35.7 Å². The Kier molecular flexibility index (Phi) is 12.2. The highest BCUT2D eigenvalue weighted by atomic mass is 16.5. The number of aromatic amines is 2. The molecule has 4 N–H and O–H groups in total. The van der Waals surface area contributed by atoms with Crippen LogP contribution in [0.5, 0.6) is 0 Å². The summed E-state index contributed by atoms with van der Waals surface area (Å²) in [4.78, 5) is 70.9. The number of aromatic nitrogens is 4. The van der Waals surface area contributed by atoms with Gasteiger partial charge in [-0.15, -0.1) is 0 Å². The number of alkyl carbamates (subject to hydrolysis) is 2. The maximum atomic E-state index is 13.5. The monoisotopic (exact) mass is 752 g/mol. The van der Waals surface area contributed by atoms with Gasteiger partial charge in [-0.3, -0.25) is 9.59 Å². The Morgan fingerprint density at radius 3 is 1.96 bits per heavy atom. The molecule has 6 rings (SSSR count). The van der Waals surface area contributed by atoms with Crippen molar-refractivity contribution >= 4 is 41.1 Å². The van der Waals surface area contributed by atoms with E-state index in [1.807, 2.05) is 55.8 Å². The molecule has 55 heavy (non-hydrogen) atoms. The number of hydrogen-bond acceptors (Lipinski definition) is 8. The molecule has 0 unspecified atom stereocenters. The zero-order valence-corrected chi connectivity index (χ0v) is 32.4. The normalized spacial score (nSPS) is 18.3. The summed E-state index contributed by atoms with van der Waals surface area (Å²) in [5, 5.41) is 5.39. The summed E-state index contributed by atoms with van der Waals surface area (Å²) in [5.74, 6) is 1.01. The quantitative estimate of drug-likeness (QED) is 0.131. The zero-order valence-electron chi connectivity index (χ0n) is 32.4. The minimum atomic E-state index is -0.682. The molecule has 4 atom stereocenters. The Hall–Kier alpha value is -5.66. The van der Waals surface area contributed by atoms with Gasteiger partial charge in [0.05, 0.1) is 49.2 Å². The number of carbonyl (C=O) groups excluding carboxylic acids is 4. The van der Waals surface area contributed by atoms with E-state index in [2.05, 4.69) is 68.1 Å². The van der Waals surface area contributed by atoms with Crippen molar-refractivity contribution in [2.24, 2.45) is 11.8 Å². The number of amides is 4. The molecular formula is C41H52N8O6. The standard InChI is InChI=1S/C41H52N8O6/c1-24(2)34(46-40(52)54-5)38(50)48-20-8-12-32(48)36-42-23-31(45-36)28-17-14-26(15-18-28)10-7-11-27-16-19-29-30(22-27)44-37(43-29)33-13-9-21-49(33)39(51)35(25(3)4)47-41(53)55-6/h7,11,14-19,22-25,32-35H,8-10,12-13,20-21H2,1-6H3,(H,42,45)(H,43,44)(H,46,52)(H,47,53)/t32-,33-,34-,35-/m0/s1. The molecule has 14 heteroatoms. The molecule has 0 aliphatic carbocycles. The van der Waals surface area contributed by atoms with Crippen LogP contribution >= 0.6 is 0 Å². The summed E-state index contributed by atoms with van der Waals surface area (Å²) in [5.41, 5.74) is 5.79. The van der Waals surface area contributed by atoms with E-state index in [0.717, 1.165) is 77.2 Å². The van der Waals surface area contributed by atoms with Crippen molar-refractivity contribution in [3.05, 3.63) is 77.5 Å². The molecule has 4 aromatic rings. The molecule has 2 saturated heterocycles. The van der Waals surface area contributed by atoms with Crippen LogP contribution < -0.4 is 10.6 Å². The minimum Gasteiger partial charge on any atom is -0.453 e. The summed E-state index contributed by atoms with van der Waals surface area (Å²) >= 11 is 0. The Morgan fingerprint density at radius 1 is 0.818 bits per heavy atom. The van der Waals surface area contributed by atoms with Crippen molar-refractivity contribution < 1.29 is 28.7 Å². The van der Waals surface area contributed by atoms with Crippen LogP contribution in [0.1, 0.15) is 88.2 Å². The third kappa shape index (κ3) is 8.84. The van der Waals surface area contributed by atoms with Crippen molar-refractivity contribution in [3.63, 3.8) is 0 Å². The number of methoxy groups -OCH3 is 2. The lowest BCUT2D eigenvalue weighted by Crippen LogP contribution is -2.51. The molecule has 2 aliphatic heterocycles. The van der Waals surface area contributed by atoms with Crippen molar-refractivity contribution in [2.75, 3.05) is 27.3 Å². The zero-order chi connectivity index (χ0) is 39.2. The second-order valence-electron chi connectivity index (χ2n) is 15.0. The van der Waals surface area contributed by atoms with Gasteiger partial charge in [-0.25, -0.2) is 19.6 Å². The Morgan fingerprint density at radius 2 is 1.40 bits per heavy atom. The molecule has 2 aromatic carbocycles. The number of benzene rings is 2. The summed E-state index contributed by atoms with van der Waals surface area (Å²) in [6, 6.07) is 12.7. The Balaban J connectivity index is 1.07. The number of rotatable bonds is 12. The number of carbonyl (C=O) groups is 4. The summed E-state index contributed by atoms with van der Waals surface area (Å²) in [7, 11) is 2.58. The van der Waals surface area contributed by atoms with Crippen LogP contribution in [0.25, 0.3) is 28.4 Å². The highest BCUT2D eigenvalue weighted by Gasteiger charge is 2.39. The molecule has 0 radical (unpaired) electrons. The van der Waals surface area contributed by atoms with Gasteiger partial charge in [0.15, 0.2) is 0 Å². The first-order valence-electron chi connectivity index (χ1n) is 19.1. The molecule has 2 aliphatic rings. The first-order valence-corrected chi connectivity index (χ1v) is 19.1. The van der Waals surface area contributed by atoms with Gasteiger partial charge in [0.25, 0.3) is 0 Å². The molecule has 14 nitrogen and oxygen atoms in total. The highest BCUT2D eigenvalue weighted by molar-refractivity contribution is 5.87. The predicted octanol–water partition coefficient (Wildman–Crippen LogP) is 6.30. The number of nitrogens with one attached hydrogen (secondary N) is 4. The fraction of sp³-hybridized carbons (Fsp3) is 0.463. The van der Waals surface area contributed by atoms with E-state index >= 15 is 0 Å². The van der Waals surface area contributed by atoms with Crippen LogP contribution in [0.15, 0.2) is 54.7 Å². The van der Waals surface area contributed by atoms with Gasteiger partial charge in [-0.2, -0.15) is 0 Å². The van der Waals surface area contributed by atoms with Gasteiger partial charge in [0, 0.05) is 13.1 Å². The van der Waals surface area contributed by atoms with Crippen molar-refractivity contribution in [2.45, 2.75) is 84.0 Å². The first kappa shape index (κ1) is 39.0. The van der Waals surface area contributed by atoms with Gasteiger partial charge < -0.3 is 39.9 Å². The van der Waals surface area contributed by atoms with Crippen molar-refractivity contribution in [1.82, 2.24) is 40.4 Å². The maximum absolute atomic E-state index is 13.5. The first-order chi connectivity index (χ1) is 26.5. The van der Waals surface area contributed by atoms with Crippen molar-refractivity contribution in [1.29, 1.82) is 0 Å². The molecule has 2 aromatic heterocycles. The average Bonchev–Trinajstić information content (AvgIpc) is 4.01. The number of H-pyrrole nitrogens is 2. The SMILES string of the molecule is COC(=O)N[C@H](C(=O)N1CCC[C@H]1c1ncc(-c2ccc(CC=Cc3ccc4nc([C@@H]5CCCN5C(=O)[C@@H](NC(=O)OC)C(C)C)[nH]c4c3)cc2)[nH]1)C(C)C. The fourth-order valence-corrected chi connectivity index (χ4v) is 7.50. The number of nitrogens with zero attached hydrogens (tertiary/aromatic N) is 4. The Bertz CT molecular complexity index is 2020. The largest absolute Gasteiger partial charge is 0.453 e. The lowest BCUT2D eigenvalue weighted by atomic mass is 10.0. The van der Waals surface area contributed by atoms with E-state index < -0.39 is 24.3 Å². The maximum Gasteiger partial charge on any atom is 0.407 e. The number of likely N-dealkylation sites (tertiary alicyclic amines) is 2. The number of allylic oxidation sites excluding steroid dienone is 1. The second kappa shape index (κ2) is 17.2. The van der Waals surface area contributed by atoms with Crippen LogP contribution in [0.2, 0.25) is 0 Å². The molecular weight excluding hydrogens is 701 g/mol. The molecule has 4 amide bonds. The number of fused-ring (bicyclic) bond motifs is 1. The lowest BCUT2D eigenvalue weighted by molar-refractivity contribution is -0.136. The smallest absolute Gasteiger partial charge is 0.407 e. The molecule has 0 saturated carbocycles. The van der Waals surface area contributed by atoms with Crippen LogP contribution in [0.4, 0.5) is 9.59 Å². The number of hydrogen-bond donors (Lipinski definition) is 4. The van der Waals surface area contributed by atoms with Gasteiger partial charge in [-0.05, 0) is 72.8 Å². The summed E-state index contributed by atoms with van der Waals surface area (Å²) in [6.07, 6.45) is 8.81. The third-order valence-electron chi connectivity index (χ3n) is 10.5. The number of ether oxygens (including phenoxy) is 2. The van der Waals surface area contributed by atoms with Crippen LogP contribution in [-0.2, 0) is 25.5 Å². The van der Waals surface area contributed by atoms with E-state index in [9.17, 15) is 19.2 Å². The molecule has 292 valence electrons. The number of imidazole rings is 2. The molecule has 0 spiro atoms. The summed E-state index contributed by atoms with van der Waals surface area (Å²) in [6.45, 7) is 8.81. The van der Waals surface area contributed by atoms with E-state index in [4.69, 9.17) is 14.5 Å². The highest BCUT2D eigenvalue weighted by Crippen LogP contribution is 2.34. The Labute approximate surface area is 321 Å². The van der Waals surface area contributed by atoms with Crippen molar-refractivity contribution in [3.8, 4) is 11.3 Å². The predicted molar refractivity (Wildman–Crippen MR) is 209 cm³/mol. The minimum absolute atomic E-state index is 0.0989. The van der Waals surface area contributed by atoms with E-state index in [1.54, 1.807) is 0 Å². The van der Waals surface area contributed by atoms with Crippen LogP contribution in [0, 0.1) is 11.8 Å². The van der Waals surface area contributed by atoms with Gasteiger partial charge in [0.2, 0.25) is 11.8 Å². The van der Waals surface area contributed by atoms with Gasteiger partial charge in [0.1, 0.15) is 23.7 Å². The van der Waals surface area contributed by atoms with Crippen LogP contribution in [0.3, 0.4) is 0 Å². The topological polar surface area (TPSA) is 175 Å². The molecule has 4 heterocycles. The fourth-order valence-electron chi connectivity index (χ4n) is 7.50. The molecule has 0 bridgehead atoms. The second-order valence-corrected chi connectivity index (χ2v) is 15.0. The van der Waals surface area contributed by atoms with E-state index in [0.29, 0.717) is 13.1 Å². The van der Waals surface area contributed by atoms with Gasteiger partial charge >= 0.3 is 12.2 Å². The third-order valence-corrected chi connectivity index (χ3v) is 10.5.